The van der Waals surface area contributed by atoms with Gasteiger partial charge in [0.05, 0.1) is 0 Å². The summed E-state index contributed by atoms with van der Waals surface area (Å²) in [6.07, 6.45) is 6.64. The first-order valence-corrected chi connectivity index (χ1v) is 10.1. The first-order chi connectivity index (χ1) is 13.9. The second-order valence-electron chi connectivity index (χ2n) is 7.02. The topological polar surface area (TPSA) is 49.8 Å². The van der Waals surface area contributed by atoms with Crippen LogP contribution >= 0.6 is 0 Å². The molecule has 0 spiro atoms. The van der Waals surface area contributed by atoms with Crippen molar-refractivity contribution in [2.24, 2.45) is 0 Å². The maximum Gasteiger partial charge on any atom is 0.178 e. The number of nitrogens with zero attached hydrogens (tertiary/aromatic N) is 1. The third-order valence-electron chi connectivity index (χ3n) is 4.86. The van der Waals surface area contributed by atoms with E-state index in [1.807, 2.05) is 38.1 Å². The third kappa shape index (κ3) is 7.24. The largest absolute Gasteiger partial charge is 0.508 e. The molecule has 0 aliphatic carbocycles. The van der Waals surface area contributed by atoms with Gasteiger partial charge in [0.15, 0.2) is 5.78 Å². The zero-order chi connectivity index (χ0) is 21.2. The van der Waals surface area contributed by atoms with E-state index in [9.17, 15) is 9.90 Å². The van der Waals surface area contributed by atoms with Gasteiger partial charge < -0.3 is 14.7 Å². The van der Waals surface area contributed by atoms with E-state index in [0.29, 0.717) is 6.61 Å². The smallest absolute Gasteiger partial charge is 0.178 e. The van der Waals surface area contributed by atoms with Crippen molar-refractivity contribution >= 4 is 17.9 Å². The second-order valence-corrected chi connectivity index (χ2v) is 7.02. The Kier molecular flexibility index (Phi) is 8.68. The lowest BCUT2D eigenvalue weighted by Gasteiger charge is -2.18. The van der Waals surface area contributed by atoms with Gasteiger partial charge in [-0.2, -0.15) is 0 Å². The quantitative estimate of drug-likeness (QED) is 0.576. The first kappa shape index (κ1) is 22.4. The summed E-state index contributed by atoms with van der Waals surface area (Å²) in [5, 5.41) is 9.55. The molecule has 0 fully saturated rings. The highest BCUT2D eigenvalue weighted by atomic mass is 16.5. The lowest BCUT2D eigenvalue weighted by molar-refractivity contribution is -0.110. The van der Waals surface area contributed by atoms with Gasteiger partial charge in [0.1, 0.15) is 18.1 Å². The van der Waals surface area contributed by atoms with Crippen LogP contribution in [0.1, 0.15) is 36.1 Å². The number of phenols is 1. The number of carbonyl (C=O) groups is 1. The lowest BCUT2D eigenvalue weighted by atomic mass is 10.1. The highest BCUT2D eigenvalue weighted by Crippen LogP contribution is 2.20. The number of rotatable bonds is 10. The number of hydrogen-bond donors (Lipinski definition) is 1. The van der Waals surface area contributed by atoms with Crippen LogP contribution in [-0.4, -0.2) is 42.0 Å². The summed E-state index contributed by atoms with van der Waals surface area (Å²) in [5.74, 6) is 1.04. The Balaban J connectivity index is 1.92. The number of hydrogen-bond acceptors (Lipinski definition) is 4. The number of carbonyl (C=O) groups excluding carboxylic acids is 1. The lowest BCUT2D eigenvalue weighted by Crippen LogP contribution is -2.28. The molecule has 154 valence electrons. The molecule has 0 amide bonds. The molecule has 0 saturated carbocycles. The minimum Gasteiger partial charge on any atom is -0.508 e. The average Bonchev–Trinajstić information content (AvgIpc) is 2.71. The van der Waals surface area contributed by atoms with Crippen LogP contribution in [0.5, 0.6) is 11.5 Å². The van der Waals surface area contributed by atoms with Gasteiger partial charge in [0.25, 0.3) is 0 Å². The predicted molar refractivity (Wildman–Crippen MR) is 120 cm³/mol. The Hall–Kier alpha value is -2.85. The molecule has 0 heterocycles. The summed E-state index contributed by atoms with van der Waals surface area (Å²) in [4.78, 5) is 14.4. The van der Waals surface area contributed by atoms with E-state index < -0.39 is 0 Å². The van der Waals surface area contributed by atoms with Gasteiger partial charge >= 0.3 is 0 Å². The monoisotopic (exact) mass is 393 g/mol. The average molecular weight is 394 g/mol. The number of benzene rings is 2. The molecule has 0 unspecified atom stereocenters. The van der Waals surface area contributed by atoms with Gasteiger partial charge in [-0.3, -0.25) is 4.79 Å². The van der Waals surface area contributed by atoms with Crippen LogP contribution in [0, 0.1) is 13.8 Å². The summed E-state index contributed by atoms with van der Waals surface area (Å²) in [6, 6.07) is 11.2. The van der Waals surface area contributed by atoms with Crippen LogP contribution in [0.2, 0.25) is 0 Å². The fraction of sp³-hybridized carbons (Fsp3) is 0.320. The van der Waals surface area contributed by atoms with Gasteiger partial charge in [-0.05, 0) is 85.6 Å². The molecule has 0 aliphatic rings. The van der Waals surface area contributed by atoms with Crippen LogP contribution in [0.15, 0.2) is 48.6 Å². The summed E-state index contributed by atoms with van der Waals surface area (Å²) in [6.45, 7) is 11.8. The number of ketones is 1. The van der Waals surface area contributed by atoms with Crippen molar-refractivity contribution in [1.29, 1.82) is 0 Å². The van der Waals surface area contributed by atoms with Gasteiger partial charge in [-0.15, -0.1) is 0 Å². The van der Waals surface area contributed by atoms with Crippen LogP contribution in [-0.2, 0) is 4.79 Å². The van der Waals surface area contributed by atoms with Crippen molar-refractivity contribution in [1.82, 2.24) is 4.90 Å². The zero-order valence-electron chi connectivity index (χ0n) is 17.8. The van der Waals surface area contributed by atoms with Gasteiger partial charge in [-0.1, -0.05) is 38.1 Å². The molecule has 0 aromatic heterocycles. The van der Waals surface area contributed by atoms with Crippen LogP contribution < -0.4 is 4.74 Å². The van der Waals surface area contributed by atoms with Crippen molar-refractivity contribution in [3.63, 3.8) is 0 Å². The van der Waals surface area contributed by atoms with E-state index in [2.05, 4.69) is 18.7 Å². The molecular weight excluding hydrogens is 362 g/mol. The van der Waals surface area contributed by atoms with Crippen LogP contribution in [0.4, 0.5) is 0 Å². The molecule has 1 N–H and O–H groups in total. The van der Waals surface area contributed by atoms with Crippen molar-refractivity contribution in [3.8, 4) is 11.5 Å². The summed E-state index contributed by atoms with van der Waals surface area (Å²) < 4.78 is 5.90. The van der Waals surface area contributed by atoms with E-state index in [4.69, 9.17) is 4.74 Å². The number of phenolic OH excluding ortho intramolecular Hbond substituents is 1. The van der Waals surface area contributed by atoms with Crippen molar-refractivity contribution in [2.75, 3.05) is 26.2 Å². The fourth-order valence-corrected chi connectivity index (χ4v) is 2.96. The standard InChI is InChI=1S/C25H31NO3/c1-5-26(6-2)15-16-29-25-14-10-22(18-20(25)4)8-12-23(27)11-7-21-9-13-24(28)19(3)17-21/h7-14,17-18,28H,5-6,15-16H2,1-4H3/b11-7+,12-8+. The number of aryl methyl sites for hydroxylation is 2. The molecule has 2 rings (SSSR count). The van der Waals surface area contributed by atoms with E-state index in [-0.39, 0.29) is 11.5 Å². The molecule has 0 saturated heterocycles. The molecule has 4 nitrogen and oxygen atoms in total. The van der Waals surface area contributed by atoms with E-state index in [1.54, 1.807) is 30.4 Å². The number of allylic oxidation sites excluding steroid dienone is 2. The molecule has 29 heavy (non-hydrogen) atoms. The molecule has 0 bridgehead atoms. The number of ether oxygens (including phenoxy) is 1. The minimum absolute atomic E-state index is 0.0899. The fourth-order valence-electron chi connectivity index (χ4n) is 2.96. The van der Waals surface area contributed by atoms with Crippen LogP contribution in [0.25, 0.3) is 12.2 Å². The Bertz CT molecular complexity index is 880. The number of likely N-dealkylation sites (N-methyl/N-ethyl adjacent to an activating group) is 1. The number of aromatic hydroxyl groups is 1. The molecule has 2 aromatic rings. The van der Waals surface area contributed by atoms with Gasteiger partial charge in [0.2, 0.25) is 0 Å². The Morgan fingerprint density at radius 1 is 0.966 bits per heavy atom. The Labute approximate surface area is 174 Å². The van der Waals surface area contributed by atoms with Crippen LogP contribution in [0.3, 0.4) is 0 Å². The van der Waals surface area contributed by atoms with Crippen molar-refractivity contribution in [2.45, 2.75) is 27.7 Å². The van der Waals surface area contributed by atoms with Crippen molar-refractivity contribution in [3.05, 3.63) is 70.8 Å². The predicted octanol–water partition coefficient (Wildman–Crippen LogP) is 5.03. The van der Waals surface area contributed by atoms with Gasteiger partial charge in [-0.25, -0.2) is 0 Å². The first-order valence-electron chi connectivity index (χ1n) is 10.1. The normalized spacial score (nSPS) is 11.6. The molecule has 4 heteroatoms. The second kappa shape index (κ2) is 11.2. The van der Waals surface area contributed by atoms with Crippen molar-refractivity contribution < 1.29 is 14.6 Å². The highest BCUT2D eigenvalue weighted by molar-refractivity contribution is 6.04. The van der Waals surface area contributed by atoms with E-state index in [1.165, 1.54) is 6.08 Å². The maximum absolute atomic E-state index is 12.1. The molecule has 0 aliphatic heterocycles. The third-order valence-corrected chi connectivity index (χ3v) is 4.86. The molecule has 2 aromatic carbocycles. The maximum atomic E-state index is 12.1. The summed E-state index contributed by atoms with van der Waals surface area (Å²) >= 11 is 0. The summed E-state index contributed by atoms with van der Waals surface area (Å²) in [7, 11) is 0. The highest BCUT2D eigenvalue weighted by Gasteiger charge is 2.03. The molecular formula is C25H31NO3. The van der Waals surface area contributed by atoms with E-state index in [0.717, 1.165) is 47.6 Å². The summed E-state index contributed by atoms with van der Waals surface area (Å²) in [5.41, 5.74) is 3.67. The minimum atomic E-state index is -0.0899. The zero-order valence-corrected chi connectivity index (χ0v) is 17.8. The Morgan fingerprint density at radius 3 is 2.10 bits per heavy atom. The Morgan fingerprint density at radius 2 is 1.55 bits per heavy atom. The molecule has 0 radical (unpaired) electrons. The van der Waals surface area contributed by atoms with E-state index >= 15 is 0 Å². The van der Waals surface area contributed by atoms with Gasteiger partial charge in [0, 0.05) is 6.54 Å². The molecule has 0 atom stereocenters. The SMILES string of the molecule is CCN(CC)CCOc1ccc(/C=C/C(=O)/C=C/c2ccc(O)c(C)c2)cc1C.